The van der Waals surface area contributed by atoms with E-state index < -0.39 is 17.7 Å². The second-order valence-electron chi connectivity index (χ2n) is 8.20. The Kier molecular flexibility index (Phi) is 6.44. The van der Waals surface area contributed by atoms with Gasteiger partial charge in [0.05, 0.1) is 18.4 Å². The first-order chi connectivity index (χ1) is 16.2. The average molecular weight is 469 g/mol. The van der Waals surface area contributed by atoms with Gasteiger partial charge in [-0.25, -0.2) is 28.5 Å². The highest BCUT2D eigenvalue weighted by atomic mass is 19.1. The lowest BCUT2D eigenvalue weighted by atomic mass is 10.1. The van der Waals surface area contributed by atoms with Gasteiger partial charge in [-0.3, -0.25) is 0 Å². The van der Waals surface area contributed by atoms with Crippen LogP contribution in [0, 0.1) is 11.6 Å². The van der Waals surface area contributed by atoms with Crippen LogP contribution in [0.5, 0.6) is 5.75 Å². The molecule has 1 aliphatic rings. The molecule has 0 saturated heterocycles. The molecule has 1 aliphatic heterocycles. The minimum Gasteiger partial charge on any atom is -0.486 e. The number of rotatable bonds is 6. The number of pyridine rings is 1. The molecule has 3 aromatic rings. The summed E-state index contributed by atoms with van der Waals surface area (Å²) in [5.74, 6) is -0.595. The number of urea groups is 1. The molecular weight excluding hydrogens is 444 g/mol. The lowest BCUT2D eigenvalue weighted by Gasteiger charge is -2.34. The van der Waals surface area contributed by atoms with Crippen molar-refractivity contribution in [1.82, 2.24) is 19.9 Å². The van der Waals surface area contributed by atoms with Gasteiger partial charge in [0.1, 0.15) is 18.1 Å². The minimum atomic E-state index is -0.685. The predicted octanol–water partition coefficient (Wildman–Crippen LogP) is 3.68. The number of benzene rings is 1. The molecule has 0 radical (unpaired) electrons. The highest BCUT2D eigenvalue weighted by molar-refractivity contribution is 5.73. The Balaban J connectivity index is 1.60. The summed E-state index contributed by atoms with van der Waals surface area (Å²) in [5, 5.41) is 2.91. The molecule has 0 atom stereocenters. The zero-order valence-electron chi connectivity index (χ0n) is 19.0. The third-order valence-corrected chi connectivity index (χ3v) is 5.41. The molecule has 0 aliphatic carbocycles. The van der Waals surface area contributed by atoms with Crippen LogP contribution >= 0.6 is 0 Å². The molecule has 3 heterocycles. The first kappa shape index (κ1) is 23.1. The van der Waals surface area contributed by atoms with Crippen molar-refractivity contribution in [2.75, 3.05) is 30.4 Å². The summed E-state index contributed by atoms with van der Waals surface area (Å²) in [6.45, 7) is 5.28. The SMILES string of the molecule is CC(C)N1CCOc2c(F)cc(-c3nc(Nc4ccc(CN(C)C(N)=O)cn4)ncc3F)cc21. The number of anilines is 3. The molecular formula is C23H25F2N7O2. The average Bonchev–Trinajstić information content (AvgIpc) is 2.81. The highest BCUT2D eigenvalue weighted by Gasteiger charge is 2.25. The maximum absolute atomic E-state index is 14.8. The van der Waals surface area contributed by atoms with Gasteiger partial charge in [0.15, 0.2) is 17.4 Å². The molecule has 1 aromatic carbocycles. The van der Waals surface area contributed by atoms with Gasteiger partial charge < -0.3 is 25.6 Å². The number of halogens is 2. The molecule has 9 nitrogen and oxygen atoms in total. The fraction of sp³-hybridized carbons (Fsp3) is 0.304. The zero-order valence-corrected chi connectivity index (χ0v) is 19.0. The van der Waals surface area contributed by atoms with Crippen LogP contribution in [-0.2, 0) is 6.54 Å². The van der Waals surface area contributed by atoms with E-state index in [2.05, 4.69) is 20.3 Å². The number of carbonyl (C=O) groups is 1. The molecule has 0 fully saturated rings. The van der Waals surface area contributed by atoms with Gasteiger partial charge in [0.2, 0.25) is 5.95 Å². The Hall–Kier alpha value is -4.02. The minimum absolute atomic E-state index is 0.0480. The maximum Gasteiger partial charge on any atom is 0.314 e. The monoisotopic (exact) mass is 469 g/mol. The third kappa shape index (κ3) is 4.82. The first-order valence-electron chi connectivity index (χ1n) is 10.7. The normalized spacial score (nSPS) is 12.8. The predicted molar refractivity (Wildman–Crippen MR) is 124 cm³/mol. The fourth-order valence-electron chi connectivity index (χ4n) is 3.66. The first-order valence-corrected chi connectivity index (χ1v) is 10.7. The summed E-state index contributed by atoms with van der Waals surface area (Å²) in [5.41, 5.74) is 6.79. The van der Waals surface area contributed by atoms with E-state index in [-0.39, 0.29) is 29.0 Å². The van der Waals surface area contributed by atoms with Crippen molar-refractivity contribution in [2.45, 2.75) is 26.4 Å². The highest BCUT2D eigenvalue weighted by Crippen LogP contribution is 2.39. The number of fused-ring (bicyclic) bond motifs is 1. The molecule has 0 bridgehead atoms. The van der Waals surface area contributed by atoms with Crippen molar-refractivity contribution >= 4 is 23.5 Å². The zero-order chi connectivity index (χ0) is 24.4. The number of nitrogens with zero attached hydrogens (tertiary/aromatic N) is 5. The smallest absolute Gasteiger partial charge is 0.314 e. The van der Waals surface area contributed by atoms with Crippen LogP contribution in [0.15, 0.2) is 36.7 Å². The van der Waals surface area contributed by atoms with Gasteiger partial charge >= 0.3 is 6.03 Å². The van der Waals surface area contributed by atoms with Crippen molar-refractivity contribution in [1.29, 1.82) is 0 Å². The van der Waals surface area contributed by atoms with Crippen LogP contribution in [0.1, 0.15) is 19.4 Å². The van der Waals surface area contributed by atoms with Crippen LogP contribution in [0.25, 0.3) is 11.3 Å². The summed E-state index contributed by atoms with van der Waals surface area (Å²) in [6, 6.07) is 5.89. The van der Waals surface area contributed by atoms with Crippen molar-refractivity contribution in [3.05, 3.63) is 53.9 Å². The maximum atomic E-state index is 14.8. The van der Waals surface area contributed by atoms with Gasteiger partial charge in [0.25, 0.3) is 0 Å². The fourth-order valence-corrected chi connectivity index (χ4v) is 3.66. The number of ether oxygens (including phenoxy) is 1. The van der Waals surface area contributed by atoms with Crippen molar-refractivity contribution in [2.24, 2.45) is 5.73 Å². The van der Waals surface area contributed by atoms with Crippen LogP contribution in [0.4, 0.5) is 31.0 Å². The number of hydrogen-bond acceptors (Lipinski definition) is 7. The molecule has 2 amide bonds. The number of nitrogens with one attached hydrogen (secondary N) is 1. The molecule has 3 N–H and O–H groups in total. The van der Waals surface area contributed by atoms with Crippen molar-refractivity contribution in [3.8, 4) is 17.0 Å². The standard InChI is InChI=1S/C23H25F2N7O2/c1-13(2)32-6-7-34-21-16(24)8-15(9-18(21)32)20-17(25)11-28-23(30-20)29-19-5-4-14(10-27-19)12-31(3)22(26)33/h4-5,8-11,13H,6-7,12H2,1-3H3,(H2,26,33)(H,27,28,29,30). The molecule has 0 saturated carbocycles. The second-order valence-corrected chi connectivity index (χ2v) is 8.20. The summed E-state index contributed by atoms with van der Waals surface area (Å²) >= 11 is 0. The quantitative estimate of drug-likeness (QED) is 0.567. The number of amides is 2. The third-order valence-electron chi connectivity index (χ3n) is 5.41. The number of aromatic nitrogens is 3. The number of nitrogens with two attached hydrogens (primary N) is 1. The Labute approximate surface area is 195 Å². The van der Waals surface area contributed by atoms with Gasteiger partial charge in [-0.05, 0) is 37.6 Å². The van der Waals surface area contributed by atoms with Crippen molar-refractivity contribution in [3.63, 3.8) is 0 Å². The second kappa shape index (κ2) is 9.46. The van der Waals surface area contributed by atoms with E-state index in [4.69, 9.17) is 10.5 Å². The summed E-state index contributed by atoms with van der Waals surface area (Å²) < 4.78 is 35.0. The lowest BCUT2D eigenvalue weighted by Crippen LogP contribution is -2.38. The van der Waals surface area contributed by atoms with Gasteiger partial charge in [-0.2, -0.15) is 0 Å². The summed E-state index contributed by atoms with van der Waals surface area (Å²) in [7, 11) is 1.58. The van der Waals surface area contributed by atoms with E-state index in [1.165, 1.54) is 11.0 Å². The van der Waals surface area contributed by atoms with Gasteiger partial charge in [0, 0.05) is 31.4 Å². The van der Waals surface area contributed by atoms with Crippen LogP contribution in [0.2, 0.25) is 0 Å². The van der Waals surface area contributed by atoms with E-state index in [1.54, 1.807) is 31.4 Å². The molecule has 34 heavy (non-hydrogen) atoms. The Morgan fingerprint density at radius 2 is 2.03 bits per heavy atom. The molecule has 0 spiro atoms. The van der Waals surface area contributed by atoms with E-state index in [0.717, 1.165) is 11.8 Å². The Bertz CT molecular complexity index is 1200. The van der Waals surface area contributed by atoms with Crippen LogP contribution in [0.3, 0.4) is 0 Å². The number of hydrogen-bond donors (Lipinski definition) is 2. The van der Waals surface area contributed by atoms with Crippen LogP contribution < -0.4 is 20.7 Å². The number of carbonyl (C=O) groups excluding carboxylic acids is 1. The van der Waals surface area contributed by atoms with E-state index in [9.17, 15) is 13.6 Å². The van der Waals surface area contributed by atoms with E-state index >= 15 is 0 Å². The molecule has 0 unspecified atom stereocenters. The Morgan fingerprint density at radius 1 is 1.24 bits per heavy atom. The molecule has 2 aromatic heterocycles. The van der Waals surface area contributed by atoms with E-state index in [1.807, 2.05) is 18.7 Å². The molecule has 4 rings (SSSR count). The lowest BCUT2D eigenvalue weighted by molar-refractivity contribution is 0.216. The van der Waals surface area contributed by atoms with Crippen LogP contribution in [-0.4, -0.2) is 52.1 Å². The summed E-state index contributed by atoms with van der Waals surface area (Å²) in [4.78, 5) is 27.0. The topological polar surface area (TPSA) is 110 Å². The van der Waals surface area contributed by atoms with Crippen molar-refractivity contribution < 1.29 is 18.3 Å². The van der Waals surface area contributed by atoms with Gasteiger partial charge in [-0.15, -0.1) is 0 Å². The number of primary amides is 1. The molecule has 178 valence electrons. The Morgan fingerprint density at radius 3 is 2.71 bits per heavy atom. The summed E-state index contributed by atoms with van der Waals surface area (Å²) in [6.07, 6.45) is 2.60. The van der Waals surface area contributed by atoms with E-state index in [0.29, 0.717) is 31.2 Å². The molecule has 11 heteroatoms. The van der Waals surface area contributed by atoms with Gasteiger partial charge in [-0.1, -0.05) is 6.07 Å². The largest absolute Gasteiger partial charge is 0.486 e.